The zero-order valence-corrected chi connectivity index (χ0v) is 64.1. The van der Waals surface area contributed by atoms with E-state index in [4.69, 9.17) is 4.74 Å². The maximum Gasteiger partial charge on any atom is 0.248 e. The quantitative estimate of drug-likeness (QED) is 0.136. The number of piperidine rings is 1. The highest BCUT2D eigenvalue weighted by Crippen LogP contribution is 2.26. The molecule has 0 radical (unpaired) electrons. The third kappa shape index (κ3) is 23.6. The Kier molecular flexibility index (Phi) is 31.4. The van der Waals surface area contributed by atoms with Gasteiger partial charge in [0.1, 0.15) is 60.4 Å². The van der Waals surface area contributed by atoms with E-state index in [-0.39, 0.29) is 69.2 Å². The molecule has 0 aliphatic carbocycles. The minimum absolute atomic E-state index is 0.0304. The van der Waals surface area contributed by atoms with Gasteiger partial charge in [0.05, 0.1) is 31.3 Å². The van der Waals surface area contributed by atoms with Crippen LogP contribution in [-0.2, 0) is 81.5 Å². The summed E-state index contributed by atoms with van der Waals surface area (Å²) < 4.78 is 6.23. The molecule has 104 heavy (non-hydrogen) atoms. The van der Waals surface area contributed by atoms with Gasteiger partial charge in [0.25, 0.3) is 0 Å². The predicted octanol–water partition coefficient (Wildman–Crippen LogP) is 3.99. The van der Waals surface area contributed by atoms with Crippen LogP contribution in [-0.4, -0.2) is 262 Å². The summed E-state index contributed by atoms with van der Waals surface area (Å²) in [6, 6.07) is 13.1. The van der Waals surface area contributed by atoms with Crippen molar-refractivity contribution in [3.05, 3.63) is 108 Å². The third-order valence-electron chi connectivity index (χ3n) is 19.8. The molecule has 0 aromatic heterocycles. The molecule has 3 aliphatic rings. The van der Waals surface area contributed by atoms with Crippen LogP contribution in [0.25, 0.3) is 0 Å². The lowest BCUT2D eigenvalue weighted by Crippen LogP contribution is -2.62. The Morgan fingerprint density at radius 3 is 1.38 bits per heavy atom. The van der Waals surface area contributed by atoms with E-state index in [0.29, 0.717) is 49.0 Å². The number of nitrogens with one attached hydrogen (secondary N) is 4. The third-order valence-corrected chi connectivity index (χ3v) is 19.8. The van der Waals surface area contributed by atoms with Gasteiger partial charge in [-0.25, -0.2) is 0 Å². The second kappa shape index (κ2) is 38.8. The van der Waals surface area contributed by atoms with Gasteiger partial charge in [-0.05, 0) is 114 Å². The molecule has 0 spiro atoms. The minimum Gasteiger partial charge on any atom is -0.391 e. The van der Waals surface area contributed by atoms with Gasteiger partial charge in [-0.3, -0.25) is 57.5 Å². The van der Waals surface area contributed by atoms with Crippen LogP contribution in [0, 0.1) is 17.8 Å². The van der Waals surface area contributed by atoms with E-state index in [2.05, 4.69) is 21.3 Å². The van der Waals surface area contributed by atoms with Crippen LogP contribution in [0.4, 0.5) is 0 Å². The number of carbonyl (C=O) groups excluding carboxylic acids is 12. The molecule has 3 fully saturated rings. The number of amides is 12. The molecule has 3 heterocycles. The van der Waals surface area contributed by atoms with Crippen LogP contribution in [0.1, 0.15) is 144 Å². The highest BCUT2D eigenvalue weighted by Gasteiger charge is 2.45. The number of hydrogen-bond acceptors (Lipinski definition) is 14. The van der Waals surface area contributed by atoms with E-state index in [1.54, 1.807) is 117 Å². The number of aliphatic hydroxyl groups excluding tert-OH is 1. The molecule has 0 unspecified atom stereocenters. The molecule has 6 rings (SSSR count). The van der Waals surface area contributed by atoms with Crippen LogP contribution in [0.5, 0.6) is 0 Å². The first-order chi connectivity index (χ1) is 49.0. The number of likely N-dealkylation sites (N-methyl/N-ethyl adjacent to an activating group) is 6. The van der Waals surface area contributed by atoms with Gasteiger partial charge in [0.15, 0.2) is 0 Å². The predicted molar refractivity (Wildman–Crippen MR) is 394 cm³/mol. The van der Waals surface area contributed by atoms with E-state index in [9.17, 15) is 19.5 Å². The lowest BCUT2D eigenvalue weighted by Gasteiger charge is -2.38. The minimum atomic E-state index is -1.66. The number of carbonyl (C=O) groups is 12. The van der Waals surface area contributed by atoms with E-state index in [1.165, 1.54) is 73.7 Å². The van der Waals surface area contributed by atoms with Gasteiger partial charge >= 0.3 is 0 Å². The molecule has 3 aliphatic heterocycles. The molecule has 11 atom stereocenters. The van der Waals surface area contributed by atoms with E-state index in [1.807, 2.05) is 41.5 Å². The molecule has 26 nitrogen and oxygen atoms in total. The van der Waals surface area contributed by atoms with Crippen molar-refractivity contribution in [1.29, 1.82) is 0 Å². The second-order valence-corrected chi connectivity index (χ2v) is 30.7. The number of fused-ring (bicyclic) bond motifs is 1. The van der Waals surface area contributed by atoms with E-state index >= 15 is 43.2 Å². The zero-order valence-electron chi connectivity index (χ0n) is 64.1. The Labute approximate surface area is 615 Å². The molecule has 3 aromatic rings. The lowest BCUT2D eigenvalue weighted by atomic mass is 9.97. The fraction of sp³-hybridized carbons (Fsp3) is 0.615. The van der Waals surface area contributed by atoms with Crippen LogP contribution in [0.2, 0.25) is 0 Å². The number of rotatable bonds is 16. The monoisotopic (exact) mass is 1440 g/mol. The van der Waals surface area contributed by atoms with Crippen molar-refractivity contribution in [1.82, 2.24) is 60.5 Å². The topological polar surface area (TPSA) is 308 Å². The van der Waals surface area contributed by atoms with Gasteiger partial charge in [-0.2, -0.15) is 0 Å². The largest absolute Gasteiger partial charge is 0.391 e. The van der Waals surface area contributed by atoms with Crippen molar-refractivity contribution in [3.63, 3.8) is 0 Å². The van der Waals surface area contributed by atoms with Crippen molar-refractivity contribution < 1.29 is 67.4 Å². The number of hydrogen-bond donors (Lipinski definition) is 5. The standard InChI is InChI=1S/C78H116N12O14/c1-49(2)40-56-72(98)85(13)61(42-51(5)6)71(97)82-67(52(7)91)77(103)83(11)47-66(93)84(12)60(41-50(3)4)68(94)81-58(48-104-78(8,9)10)73(99)88(16)64(45-55-34-25-19-26-35-55)76(102)87(15)63(44-54-32-23-18-24-33-54)70(96)80-57(74(100)89-37-27-20-28-38-89)46-65(92)90-39-29-36-59(90)75(101)86(14)62(69(95)79-56)43-53-30-21-17-22-31-53/h17-19,21-26,30-35,49-52,56-64,67,91H,20,27-29,36-48H2,1-16H3,(H,79,95)(H,80,96)(H,81,94)(H,82,97)/t52-,56+,57+,58+,59-,60+,61+,62+,63+,64+,67+/m1/s1. The van der Waals surface area contributed by atoms with Gasteiger partial charge in [0.2, 0.25) is 70.9 Å². The van der Waals surface area contributed by atoms with E-state index in [0.717, 1.165) is 16.2 Å². The van der Waals surface area contributed by atoms with Gasteiger partial charge in [-0.1, -0.05) is 133 Å². The lowest BCUT2D eigenvalue weighted by molar-refractivity contribution is -0.151. The normalized spacial score (nSPS) is 25.1. The maximum absolute atomic E-state index is 15.8. The average Bonchev–Trinajstić information content (AvgIpc) is 1.78. The first kappa shape index (κ1) is 84.2. The first-order valence-corrected chi connectivity index (χ1v) is 36.8. The Morgan fingerprint density at radius 2 is 0.894 bits per heavy atom. The summed E-state index contributed by atoms with van der Waals surface area (Å²) in [5, 5.41) is 22.7. The Balaban J connectivity index is 1.52. The van der Waals surface area contributed by atoms with Gasteiger partial charge < -0.3 is 70.3 Å². The number of aliphatic hydroxyl groups is 1. The summed E-state index contributed by atoms with van der Waals surface area (Å²) in [6.45, 7) is 17.3. The van der Waals surface area contributed by atoms with Gasteiger partial charge in [-0.15, -0.1) is 0 Å². The summed E-state index contributed by atoms with van der Waals surface area (Å²) in [7, 11) is 8.38. The SMILES string of the molecule is CC(C)C[C@@H]1NC(=O)[C@H](Cc2ccccc2)N(C)C(=O)[C@H]2CCCN2C(=O)C[C@@H](C(=O)N2CCCCC2)NC(=O)[C@H](Cc2ccccc2)N(C)C(=O)[C@H](Cc2ccccc2)N(C)C(=O)[C@H](COC(C)(C)C)NC(=O)[C@H](CC(C)C)N(C)C(=O)CN(C)C(=O)[C@H]([C@@H](C)O)NC(=O)[C@H](CC(C)C)N(C)C1=O. The number of likely N-dealkylation sites (tertiary alicyclic amines) is 1. The molecular weight excluding hydrogens is 1330 g/mol. The fourth-order valence-corrected chi connectivity index (χ4v) is 13.7. The molecule has 26 heteroatoms. The summed E-state index contributed by atoms with van der Waals surface area (Å²) in [5.74, 6) is -9.30. The Bertz CT molecular complexity index is 3420. The second-order valence-electron chi connectivity index (χ2n) is 30.7. The average molecular weight is 1450 g/mol. The summed E-state index contributed by atoms with van der Waals surface area (Å²) in [5.41, 5.74) is 1.06. The molecule has 12 amide bonds. The Morgan fingerprint density at radius 1 is 0.471 bits per heavy atom. The van der Waals surface area contributed by atoms with Crippen molar-refractivity contribution in [3.8, 4) is 0 Å². The smallest absolute Gasteiger partial charge is 0.248 e. The first-order valence-electron chi connectivity index (χ1n) is 36.8. The Hall–Kier alpha value is -8.78. The summed E-state index contributed by atoms with van der Waals surface area (Å²) in [6.07, 6.45) is 0.590. The molecular formula is C78H116N12O14. The van der Waals surface area contributed by atoms with Crippen LogP contribution in [0.15, 0.2) is 91.0 Å². The molecule has 0 bridgehead atoms. The number of ether oxygens (including phenoxy) is 1. The van der Waals surface area contributed by atoms with E-state index < -0.39 is 163 Å². The zero-order chi connectivity index (χ0) is 77.0. The maximum atomic E-state index is 15.8. The number of benzene rings is 3. The molecule has 0 saturated carbocycles. The van der Waals surface area contributed by atoms with Crippen LogP contribution >= 0.6 is 0 Å². The molecule has 572 valence electrons. The van der Waals surface area contributed by atoms with Crippen molar-refractivity contribution in [2.24, 2.45) is 17.8 Å². The highest BCUT2D eigenvalue weighted by atomic mass is 16.5. The van der Waals surface area contributed by atoms with Crippen molar-refractivity contribution >= 4 is 70.9 Å². The fourth-order valence-electron chi connectivity index (χ4n) is 13.7. The molecule has 3 saturated heterocycles. The van der Waals surface area contributed by atoms with Crippen molar-refractivity contribution in [2.45, 2.75) is 218 Å². The number of nitrogens with zero attached hydrogens (tertiary/aromatic N) is 8. The summed E-state index contributed by atoms with van der Waals surface area (Å²) >= 11 is 0. The van der Waals surface area contributed by atoms with Crippen LogP contribution in [0.3, 0.4) is 0 Å². The summed E-state index contributed by atoms with van der Waals surface area (Å²) in [4.78, 5) is 192. The van der Waals surface area contributed by atoms with Crippen LogP contribution < -0.4 is 21.3 Å². The highest BCUT2D eigenvalue weighted by molar-refractivity contribution is 6.00. The molecule has 5 N–H and O–H groups in total. The van der Waals surface area contributed by atoms with Gasteiger partial charge in [0, 0.05) is 81.2 Å². The molecule has 3 aromatic carbocycles. The van der Waals surface area contributed by atoms with Crippen molar-refractivity contribution in [2.75, 3.05) is 75.1 Å².